The Balaban J connectivity index is 3.05. The van der Waals surface area contributed by atoms with Crippen LogP contribution in [-0.4, -0.2) is 16.2 Å². The van der Waals surface area contributed by atoms with Crippen LogP contribution in [0.3, 0.4) is 0 Å². The monoisotopic (exact) mass is 237 g/mol. The normalized spacial score (nSPS) is 15.1. The number of nitrogens with zero attached hydrogens (tertiary/aromatic N) is 1. The van der Waals surface area contributed by atoms with E-state index in [1.807, 2.05) is 40.7 Å². The number of aromatic nitrogens is 1. The van der Waals surface area contributed by atoms with Crippen molar-refractivity contribution in [3.05, 3.63) is 24.0 Å². The van der Waals surface area contributed by atoms with E-state index in [0.717, 1.165) is 5.56 Å². The van der Waals surface area contributed by atoms with Gasteiger partial charge in [-0.3, -0.25) is 4.98 Å². The van der Waals surface area contributed by atoms with Crippen LogP contribution in [0.4, 0.5) is 0 Å². The third-order valence-corrected chi connectivity index (χ3v) is 3.08. The molecule has 0 saturated heterocycles. The number of pyridine rings is 1. The lowest BCUT2D eigenvalue weighted by atomic mass is 9.82. The fourth-order valence-corrected chi connectivity index (χ4v) is 1.94. The molecule has 0 fully saturated rings. The Labute approximate surface area is 104 Å². The summed E-state index contributed by atoms with van der Waals surface area (Å²) in [6.07, 6.45) is 4.18. The Kier molecular flexibility index (Phi) is 4.52. The minimum atomic E-state index is -0.830. The molecule has 0 aliphatic carbocycles. The van der Waals surface area contributed by atoms with E-state index in [-0.39, 0.29) is 12.0 Å². The minimum absolute atomic E-state index is 0.112. The second-order valence-electron chi connectivity index (χ2n) is 5.01. The van der Waals surface area contributed by atoms with E-state index in [1.165, 1.54) is 0 Å². The second-order valence-corrected chi connectivity index (χ2v) is 5.01. The Hall–Kier alpha value is -1.09. The number of aliphatic hydroxyl groups is 1. The maximum absolute atomic E-state index is 10.6. The summed E-state index contributed by atoms with van der Waals surface area (Å²) in [6.45, 7) is 9.96. The molecule has 1 aromatic heterocycles. The van der Waals surface area contributed by atoms with Gasteiger partial charge >= 0.3 is 0 Å². The van der Waals surface area contributed by atoms with Gasteiger partial charge < -0.3 is 9.84 Å². The van der Waals surface area contributed by atoms with Crippen LogP contribution in [-0.2, 0) is 5.60 Å². The van der Waals surface area contributed by atoms with E-state index in [1.54, 1.807) is 12.4 Å². The molecule has 1 aromatic rings. The van der Waals surface area contributed by atoms with E-state index >= 15 is 0 Å². The van der Waals surface area contributed by atoms with Crippen molar-refractivity contribution >= 4 is 0 Å². The zero-order chi connectivity index (χ0) is 13.1. The van der Waals surface area contributed by atoms with Gasteiger partial charge in [-0.15, -0.1) is 0 Å². The maximum Gasteiger partial charge on any atom is 0.138 e. The van der Waals surface area contributed by atoms with Gasteiger partial charge in [-0.1, -0.05) is 20.8 Å². The number of hydrogen-bond acceptors (Lipinski definition) is 3. The summed E-state index contributed by atoms with van der Waals surface area (Å²) in [6, 6.07) is 1.89. The predicted molar refractivity (Wildman–Crippen MR) is 69.0 cm³/mol. The third kappa shape index (κ3) is 3.19. The topological polar surface area (TPSA) is 42.4 Å². The molecule has 0 aromatic carbocycles. The first-order chi connectivity index (χ1) is 7.90. The van der Waals surface area contributed by atoms with Crippen LogP contribution in [0.15, 0.2) is 18.5 Å². The van der Waals surface area contributed by atoms with Crippen LogP contribution < -0.4 is 4.74 Å². The van der Waals surface area contributed by atoms with Crippen molar-refractivity contribution in [1.82, 2.24) is 4.98 Å². The van der Waals surface area contributed by atoms with Gasteiger partial charge in [0.25, 0.3) is 0 Å². The molecule has 0 spiro atoms. The van der Waals surface area contributed by atoms with E-state index in [2.05, 4.69) is 4.98 Å². The smallest absolute Gasteiger partial charge is 0.138 e. The molecule has 1 heterocycles. The lowest BCUT2D eigenvalue weighted by Crippen LogP contribution is -2.31. The molecule has 0 aliphatic rings. The molecule has 0 radical (unpaired) electrons. The van der Waals surface area contributed by atoms with Gasteiger partial charge in [-0.05, 0) is 32.3 Å². The average molecular weight is 237 g/mol. The first-order valence-corrected chi connectivity index (χ1v) is 6.24. The van der Waals surface area contributed by atoms with Gasteiger partial charge in [0, 0.05) is 11.8 Å². The first kappa shape index (κ1) is 14.0. The summed E-state index contributed by atoms with van der Waals surface area (Å²) >= 11 is 0. The summed E-state index contributed by atoms with van der Waals surface area (Å²) in [5, 5.41) is 10.6. The largest absolute Gasteiger partial charge is 0.489 e. The molecule has 0 amide bonds. The van der Waals surface area contributed by atoms with Crippen molar-refractivity contribution in [2.75, 3.05) is 0 Å². The fourth-order valence-electron chi connectivity index (χ4n) is 1.94. The van der Waals surface area contributed by atoms with Gasteiger partial charge in [0.15, 0.2) is 0 Å². The van der Waals surface area contributed by atoms with Crippen molar-refractivity contribution in [3.8, 4) is 5.75 Å². The summed E-state index contributed by atoms with van der Waals surface area (Å²) in [5.74, 6) is 0.855. The highest BCUT2D eigenvalue weighted by molar-refractivity contribution is 5.28. The maximum atomic E-state index is 10.6. The minimum Gasteiger partial charge on any atom is -0.489 e. The quantitative estimate of drug-likeness (QED) is 0.855. The third-order valence-electron chi connectivity index (χ3n) is 3.08. The molecule has 1 rings (SSSR count). The average Bonchev–Trinajstić information content (AvgIpc) is 2.27. The molecule has 0 aliphatic heterocycles. The van der Waals surface area contributed by atoms with Crippen molar-refractivity contribution in [2.45, 2.75) is 52.7 Å². The van der Waals surface area contributed by atoms with Crippen LogP contribution in [0.5, 0.6) is 5.75 Å². The Morgan fingerprint density at radius 1 is 1.29 bits per heavy atom. The molecule has 3 nitrogen and oxygen atoms in total. The van der Waals surface area contributed by atoms with Crippen LogP contribution >= 0.6 is 0 Å². The highest BCUT2D eigenvalue weighted by Gasteiger charge is 2.31. The molecule has 17 heavy (non-hydrogen) atoms. The molecule has 1 unspecified atom stereocenters. The fraction of sp³-hybridized carbons (Fsp3) is 0.643. The lowest BCUT2D eigenvalue weighted by molar-refractivity contribution is -0.0145. The molecular weight excluding hydrogens is 214 g/mol. The Morgan fingerprint density at radius 3 is 2.41 bits per heavy atom. The zero-order valence-electron chi connectivity index (χ0n) is 11.4. The van der Waals surface area contributed by atoms with Gasteiger partial charge in [0.05, 0.1) is 17.9 Å². The number of rotatable bonds is 5. The van der Waals surface area contributed by atoms with Crippen LogP contribution in [0.2, 0.25) is 0 Å². The lowest BCUT2D eigenvalue weighted by Gasteiger charge is -2.31. The van der Waals surface area contributed by atoms with Crippen LogP contribution in [0.25, 0.3) is 0 Å². The van der Waals surface area contributed by atoms with Gasteiger partial charge in [0.1, 0.15) is 5.75 Å². The van der Waals surface area contributed by atoms with Gasteiger partial charge in [-0.25, -0.2) is 0 Å². The van der Waals surface area contributed by atoms with Crippen molar-refractivity contribution in [1.29, 1.82) is 0 Å². The molecule has 0 bridgehead atoms. The molecule has 3 heteroatoms. The van der Waals surface area contributed by atoms with E-state index in [0.29, 0.717) is 12.2 Å². The van der Waals surface area contributed by atoms with Crippen LogP contribution in [0.1, 0.15) is 46.6 Å². The SMILES string of the molecule is CCC(O)(c1cncc(OC(C)C)c1)C(C)C. The van der Waals surface area contributed by atoms with Crippen molar-refractivity contribution in [2.24, 2.45) is 5.92 Å². The van der Waals surface area contributed by atoms with Crippen molar-refractivity contribution in [3.63, 3.8) is 0 Å². The Morgan fingerprint density at radius 2 is 1.94 bits per heavy atom. The molecular formula is C14H23NO2. The van der Waals surface area contributed by atoms with Crippen LogP contribution in [0, 0.1) is 5.92 Å². The first-order valence-electron chi connectivity index (χ1n) is 6.24. The van der Waals surface area contributed by atoms with Gasteiger partial charge in [0.2, 0.25) is 0 Å². The summed E-state index contributed by atoms with van der Waals surface area (Å²) in [5.41, 5.74) is -0.00302. The Bertz CT molecular complexity index is 363. The number of ether oxygens (including phenoxy) is 1. The molecule has 1 N–H and O–H groups in total. The summed E-state index contributed by atoms with van der Waals surface area (Å²) in [7, 11) is 0. The summed E-state index contributed by atoms with van der Waals surface area (Å²) in [4.78, 5) is 4.15. The standard InChI is InChI=1S/C14H23NO2/c1-6-14(16,10(2)3)12-7-13(9-15-8-12)17-11(4)5/h7-11,16H,6H2,1-5H3. The highest BCUT2D eigenvalue weighted by Crippen LogP contribution is 2.33. The molecule has 96 valence electrons. The van der Waals surface area contributed by atoms with E-state index in [4.69, 9.17) is 4.74 Å². The summed E-state index contributed by atoms with van der Waals surface area (Å²) < 4.78 is 5.60. The highest BCUT2D eigenvalue weighted by atomic mass is 16.5. The van der Waals surface area contributed by atoms with Crippen molar-refractivity contribution < 1.29 is 9.84 Å². The zero-order valence-corrected chi connectivity index (χ0v) is 11.4. The molecule has 1 atom stereocenters. The number of hydrogen-bond donors (Lipinski definition) is 1. The molecule has 0 saturated carbocycles. The second kappa shape index (κ2) is 5.50. The van der Waals surface area contributed by atoms with E-state index in [9.17, 15) is 5.11 Å². The van der Waals surface area contributed by atoms with Gasteiger partial charge in [-0.2, -0.15) is 0 Å². The van der Waals surface area contributed by atoms with E-state index < -0.39 is 5.60 Å². The predicted octanol–water partition coefficient (Wildman–Crippen LogP) is 3.12.